The standard InChI is InChI=1S/C35H52O6/c1-21(36)40-20-27(39)32(6)15-14-31(5)16-17-34(8)23(24(31)19-32)18-25(38)29-33(7)12-11-28(41-22(2)37)30(3,4)26(33)10-13-35(29,34)9/h18,24,26,28-29H,10-17,19-20H2,1-9H3/t24-,26-,28-,29+,31+,32-,33-,34+,35+/m0/s1. The summed E-state index contributed by atoms with van der Waals surface area (Å²) in [6, 6.07) is 0. The van der Waals surface area contributed by atoms with Gasteiger partial charge in [-0.15, -0.1) is 0 Å². The van der Waals surface area contributed by atoms with Crippen molar-refractivity contribution in [2.45, 2.75) is 126 Å². The summed E-state index contributed by atoms with van der Waals surface area (Å²) in [4.78, 5) is 51.3. The van der Waals surface area contributed by atoms with Crippen LogP contribution in [0.5, 0.6) is 0 Å². The fourth-order valence-corrected chi connectivity index (χ4v) is 11.2. The second-order valence-corrected chi connectivity index (χ2v) is 16.4. The Balaban J connectivity index is 1.52. The fourth-order valence-electron chi connectivity index (χ4n) is 11.2. The lowest BCUT2D eigenvalue weighted by Crippen LogP contribution is -2.66. The van der Waals surface area contributed by atoms with E-state index in [1.807, 2.05) is 13.0 Å². The maximum Gasteiger partial charge on any atom is 0.303 e. The average molecular weight is 569 g/mol. The average Bonchev–Trinajstić information content (AvgIpc) is 2.86. The van der Waals surface area contributed by atoms with Crippen molar-refractivity contribution >= 4 is 23.5 Å². The highest BCUT2D eigenvalue weighted by Crippen LogP contribution is 2.75. The van der Waals surface area contributed by atoms with E-state index in [9.17, 15) is 19.2 Å². The van der Waals surface area contributed by atoms with Gasteiger partial charge in [-0.05, 0) is 97.4 Å². The van der Waals surface area contributed by atoms with E-state index in [0.717, 1.165) is 51.4 Å². The van der Waals surface area contributed by atoms with Crippen molar-refractivity contribution in [2.24, 2.45) is 50.2 Å². The molecule has 0 aliphatic heterocycles. The number of ketones is 2. The molecule has 228 valence electrons. The molecule has 6 heteroatoms. The molecule has 5 aliphatic rings. The van der Waals surface area contributed by atoms with Crippen LogP contribution in [0, 0.1) is 50.2 Å². The number of ether oxygens (including phenoxy) is 2. The molecule has 0 N–H and O–H groups in total. The van der Waals surface area contributed by atoms with Crippen LogP contribution in [0.3, 0.4) is 0 Å². The molecule has 0 radical (unpaired) electrons. The molecule has 9 atom stereocenters. The van der Waals surface area contributed by atoms with Gasteiger partial charge in [-0.1, -0.05) is 54.0 Å². The minimum absolute atomic E-state index is 0.00589. The highest BCUT2D eigenvalue weighted by atomic mass is 16.5. The summed E-state index contributed by atoms with van der Waals surface area (Å²) in [6.45, 7) is 18.7. The lowest BCUT2D eigenvalue weighted by molar-refractivity contribution is -0.210. The minimum Gasteiger partial charge on any atom is -0.462 e. The van der Waals surface area contributed by atoms with E-state index >= 15 is 0 Å². The molecule has 41 heavy (non-hydrogen) atoms. The van der Waals surface area contributed by atoms with Crippen LogP contribution in [0.15, 0.2) is 11.6 Å². The highest BCUT2D eigenvalue weighted by Gasteiger charge is 2.70. The fraction of sp³-hybridized carbons (Fsp3) is 0.829. The van der Waals surface area contributed by atoms with Crippen LogP contribution in [0.1, 0.15) is 120 Å². The van der Waals surface area contributed by atoms with Gasteiger partial charge < -0.3 is 9.47 Å². The maximum absolute atomic E-state index is 14.5. The third kappa shape index (κ3) is 4.31. The maximum atomic E-state index is 14.5. The topological polar surface area (TPSA) is 86.7 Å². The molecular weight excluding hydrogens is 516 g/mol. The number of rotatable bonds is 4. The summed E-state index contributed by atoms with van der Waals surface area (Å²) >= 11 is 0. The van der Waals surface area contributed by atoms with Gasteiger partial charge in [0.05, 0.1) is 0 Å². The highest BCUT2D eigenvalue weighted by molar-refractivity contribution is 5.96. The molecule has 0 aromatic heterocycles. The molecule has 5 aliphatic carbocycles. The molecule has 0 aromatic rings. The largest absolute Gasteiger partial charge is 0.462 e. The Bertz CT molecular complexity index is 1200. The van der Waals surface area contributed by atoms with Crippen LogP contribution in [0.4, 0.5) is 0 Å². The van der Waals surface area contributed by atoms with E-state index < -0.39 is 11.4 Å². The smallest absolute Gasteiger partial charge is 0.303 e. The molecule has 6 nitrogen and oxygen atoms in total. The summed E-state index contributed by atoms with van der Waals surface area (Å²) in [5.74, 6) is -0.0295. The number of hydrogen-bond donors (Lipinski definition) is 0. The molecule has 0 spiro atoms. The summed E-state index contributed by atoms with van der Waals surface area (Å²) in [6.07, 6.45) is 10.2. The normalized spacial score (nSPS) is 46.6. The minimum atomic E-state index is -0.567. The number of Topliss-reactive ketones (excluding diaryl/α,β-unsaturated/α-hetero) is 1. The predicted molar refractivity (Wildman–Crippen MR) is 157 cm³/mol. The first-order valence-electron chi connectivity index (χ1n) is 15.9. The van der Waals surface area contributed by atoms with Gasteiger partial charge in [-0.2, -0.15) is 0 Å². The predicted octanol–water partition coefficient (Wildman–Crippen LogP) is 7.03. The second-order valence-electron chi connectivity index (χ2n) is 16.4. The van der Waals surface area contributed by atoms with E-state index in [0.29, 0.717) is 12.3 Å². The Morgan fingerprint density at radius 2 is 1.51 bits per heavy atom. The van der Waals surface area contributed by atoms with Crippen molar-refractivity contribution in [3.8, 4) is 0 Å². The van der Waals surface area contributed by atoms with Crippen LogP contribution < -0.4 is 0 Å². The Hall–Kier alpha value is -1.98. The van der Waals surface area contributed by atoms with Crippen LogP contribution in [0.2, 0.25) is 0 Å². The van der Waals surface area contributed by atoms with Gasteiger partial charge in [-0.25, -0.2) is 0 Å². The first-order chi connectivity index (χ1) is 18.8. The van der Waals surface area contributed by atoms with Crippen LogP contribution in [-0.4, -0.2) is 36.2 Å². The summed E-state index contributed by atoms with van der Waals surface area (Å²) in [5, 5.41) is 0. The summed E-state index contributed by atoms with van der Waals surface area (Å²) in [5.41, 5.74) is 0.0826. The Labute approximate surface area is 246 Å². The number of carbonyl (C=O) groups excluding carboxylic acids is 4. The number of esters is 2. The monoisotopic (exact) mass is 568 g/mol. The van der Waals surface area contributed by atoms with Gasteiger partial charge in [-0.3, -0.25) is 19.2 Å². The van der Waals surface area contributed by atoms with Crippen molar-refractivity contribution in [1.29, 1.82) is 0 Å². The third-order valence-corrected chi connectivity index (χ3v) is 13.9. The molecule has 0 aromatic carbocycles. The number of fused-ring (bicyclic) bond motifs is 7. The van der Waals surface area contributed by atoms with Gasteiger partial charge in [0.25, 0.3) is 0 Å². The van der Waals surface area contributed by atoms with Crippen LogP contribution in [0.25, 0.3) is 0 Å². The molecule has 0 heterocycles. The Kier molecular flexibility index (Phi) is 7.07. The number of hydrogen-bond acceptors (Lipinski definition) is 6. The van der Waals surface area contributed by atoms with E-state index in [1.165, 1.54) is 19.4 Å². The molecule has 0 saturated heterocycles. The van der Waals surface area contributed by atoms with Crippen LogP contribution in [-0.2, 0) is 28.7 Å². The summed E-state index contributed by atoms with van der Waals surface area (Å²) < 4.78 is 11.0. The van der Waals surface area contributed by atoms with Crippen molar-refractivity contribution < 1.29 is 28.7 Å². The SMILES string of the molecule is CC(=O)OCC(=O)[C@@]1(C)CC[C@]2(C)CC[C@]3(C)C(=CC(=O)[C@@H]4[C@@]5(C)CC[C@H](OC(C)=O)C(C)(C)[C@@H]5CC[C@]43C)[C@@H]2C1. The Morgan fingerprint density at radius 1 is 0.854 bits per heavy atom. The van der Waals surface area contributed by atoms with Gasteiger partial charge >= 0.3 is 11.9 Å². The molecule has 0 bridgehead atoms. The molecule has 4 saturated carbocycles. The second kappa shape index (κ2) is 9.51. The van der Waals surface area contributed by atoms with Crippen LogP contribution >= 0.6 is 0 Å². The van der Waals surface area contributed by atoms with Crippen molar-refractivity contribution in [3.05, 3.63) is 11.6 Å². The van der Waals surface area contributed by atoms with Crippen molar-refractivity contribution in [2.75, 3.05) is 6.61 Å². The molecule has 4 fully saturated rings. The zero-order chi connectivity index (χ0) is 30.4. The van der Waals surface area contributed by atoms with E-state index in [2.05, 4.69) is 41.5 Å². The van der Waals surface area contributed by atoms with Gasteiger partial charge in [0.15, 0.2) is 18.2 Å². The Morgan fingerprint density at radius 3 is 2.15 bits per heavy atom. The zero-order valence-electron chi connectivity index (χ0n) is 26.9. The first-order valence-corrected chi connectivity index (χ1v) is 15.9. The zero-order valence-corrected chi connectivity index (χ0v) is 26.9. The summed E-state index contributed by atoms with van der Waals surface area (Å²) in [7, 11) is 0. The lowest BCUT2D eigenvalue weighted by Gasteiger charge is -2.70. The first kappa shape index (κ1) is 30.5. The van der Waals surface area contributed by atoms with E-state index in [-0.39, 0.29) is 69.2 Å². The van der Waals surface area contributed by atoms with Gasteiger partial charge in [0.2, 0.25) is 0 Å². The lowest BCUT2D eigenvalue weighted by atomic mass is 9.33. The van der Waals surface area contributed by atoms with E-state index in [1.54, 1.807) is 0 Å². The number of carbonyl (C=O) groups is 4. The van der Waals surface area contributed by atoms with E-state index in [4.69, 9.17) is 9.47 Å². The van der Waals surface area contributed by atoms with Gasteiger partial charge in [0, 0.05) is 30.6 Å². The quantitative estimate of drug-likeness (QED) is 0.338. The molecule has 0 amide bonds. The van der Waals surface area contributed by atoms with Crippen molar-refractivity contribution in [1.82, 2.24) is 0 Å². The third-order valence-electron chi connectivity index (χ3n) is 13.9. The van der Waals surface area contributed by atoms with Gasteiger partial charge in [0.1, 0.15) is 6.10 Å². The molecule has 5 rings (SSSR count). The number of allylic oxidation sites excluding steroid dienone is 2. The van der Waals surface area contributed by atoms with Crippen molar-refractivity contribution in [3.63, 3.8) is 0 Å². The molecular formula is C35H52O6. The molecule has 0 unspecified atom stereocenters.